The van der Waals surface area contributed by atoms with Gasteiger partial charge in [-0.05, 0) is 35.7 Å². The van der Waals surface area contributed by atoms with Crippen LogP contribution in [0.3, 0.4) is 0 Å². The van der Waals surface area contributed by atoms with E-state index in [4.69, 9.17) is 11.6 Å². The van der Waals surface area contributed by atoms with Gasteiger partial charge in [0.15, 0.2) is 0 Å². The molecule has 1 N–H and O–H groups in total. The molecule has 3 heterocycles. The Labute approximate surface area is 126 Å². The zero-order valence-corrected chi connectivity index (χ0v) is 12.0. The average Bonchev–Trinajstić information content (AvgIpc) is 3.00. The summed E-state index contributed by atoms with van der Waals surface area (Å²) < 4.78 is 1.66. The number of aromatic nitrogens is 6. The summed E-state index contributed by atoms with van der Waals surface area (Å²) in [7, 11) is 0. The van der Waals surface area contributed by atoms with Gasteiger partial charge in [0.05, 0.1) is 0 Å². The smallest absolute Gasteiger partial charge is 0.241 e. The number of anilines is 1. The molecule has 0 bridgehead atoms. The highest BCUT2D eigenvalue weighted by molar-refractivity contribution is 6.28. The number of nitrogens with zero attached hydrogens (tertiary/aromatic N) is 6. The van der Waals surface area contributed by atoms with E-state index in [-0.39, 0.29) is 5.28 Å². The van der Waals surface area contributed by atoms with Crippen molar-refractivity contribution in [2.45, 2.75) is 13.5 Å². The molecule has 0 saturated heterocycles. The van der Waals surface area contributed by atoms with E-state index in [1.54, 1.807) is 29.5 Å². The third-order valence-electron chi connectivity index (χ3n) is 2.92. The Morgan fingerprint density at radius 1 is 1.19 bits per heavy atom. The molecule has 0 amide bonds. The Kier molecular flexibility index (Phi) is 3.74. The lowest BCUT2D eigenvalue weighted by atomic mass is 10.2. The summed E-state index contributed by atoms with van der Waals surface area (Å²) in [5.74, 6) is 0.819. The van der Waals surface area contributed by atoms with Crippen molar-refractivity contribution in [3.63, 3.8) is 0 Å². The SMILES string of the molecule is Cc1ccncc1CNc1nc(Cl)nc(-n2ccnc2)n1. The van der Waals surface area contributed by atoms with Crippen LogP contribution in [-0.2, 0) is 6.54 Å². The highest BCUT2D eigenvalue weighted by Crippen LogP contribution is 2.11. The van der Waals surface area contributed by atoms with Crippen molar-refractivity contribution in [2.24, 2.45) is 0 Å². The third-order valence-corrected chi connectivity index (χ3v) is 3.09. The molecule has 0 spiro atoms. The molecule has 0 radical (unpaired) electrons. The van der Waals surface area contributed by atoms with E-state index >= 15 is 0 Å². The molecular formula is C13H12ClN7. The molecule has 0 aliphatic heterocycles. The van der Waals surface area contributed by atoms with Gasteiger partial charge in [-0.3, -0.25) is 9.55 Å². The zero-order chi connectivity index (χ0) is 14.7. The minimum atomic E-state index is 0.124. The van der Waals surface area contributed by atoms with E-state index in [1.165, 1.54) is 0 Å². The van der Waals surface area contributed by atoms with Crippen LogP contribution in [0.2, 0.25) is 5.28 Å². The van der Waals surface area contributed by atoms with Crippen molar-refractivity contribution >= 4 is 17.5 Å². The Hall–Kier alpha value is -2.54. The summed E-state index contributed by atoms with van der Waals surface area (Å²) in [6, 6.07) is 1.95. The van der Waals surface area contributed by atoms with Gasteiger partial charge in [0.1, 0.15) is 6.33 Å². The fourth-order valence-electron chi connectivity index (χ4n) is 1.77. The first kappa shape index (κ1) is 13.4. The normalized spacial score (nSPS) is 10.6. The van der Waals surface area contributed by atoms with Crippen molar-refractivity contribution in [1.29, 1.82) is 0 Å². The topological polar surface area (TPSA) is 81.4 Å². The van der Waals surface area contributed by atoms with Crippen LogP contribution in [0, 0.1) is 6.92 Å². The zero-order valence-electron chi connectivity index (χ0n) is 11.2. The molecule has 106 valence electrons. The maximum atomic E-state index is 5.93. The second-order valence-corrected chi connectivity index (χ2v) is 4.69. The Balaban J connectivity index is 1.81. The van der Waals surface area contributed by atoms with E-state index in [0.717, 1.165) is 11.1 Å². The van der Waals surface area contributed by atoms with Gasteiger partial charge in [0.2, 0.25) is 17.2 Å². The Morgan fingerprint density at radius 2 is 2.10 bits per heavy atom. The fraction of sp³-hybridized carbons (Fsp3) is 0.154. The molecule has 0 aliphatic rings. The molecule has 21 heavy (non-hydrogen) atoms. The summed E-state index contributed by atoms with van der Waals surface area (Å²) in [5, 5.41) is 3.25. The van der Waals surface area contributed by atoms with Gasteiger partial charge < -0.3 is 5.32 Å². The number of imidazole rings is 1. The molecular weight excluding hydrogens is 290 g/mol. The molecule has 0 aliphatic carbocycles. The maximum Gasteiger partial charge on any atom is 0.241 e. The second kappa shape index (κ2) is 5.84. The molecule has 7 nitrogen and oxygen atoms in total. The van der Waals surface area contributed by atoms with Crippen LogP contribution in [0.5, 0.6) is 0 Å². The number of halogens is 1. The van der Waals surface area contributed by atoms with Gasteiger partial charge >= 0.3 is 0 Å². The number of pyridine rings is 1. The van der Waals surface area contributed by atoms with E-state index < -0.39 is 0 Å². The lowest BCUT2D eigenvalue weighted by Gasteiger charge is -2.08. The first-order chi connectivity index (χ1) is 10.2. The van der Waals surface area contributed by atoms with Crippen molar-refractivity contribution in [1.82, 2.24) is 29.5 Å². The highest BCUT2D eigenvalue weighted by atomic mass is 35.5. The molecule has 0 fully saturated rings. The fourth-order valence-corrected chi connectivity index (χ4v) is 1.92. The Morgan fingerprint density at radius 3 is 2.86 bits per heavy atom. The largest absolute Gasteiger partial charge is 0.350 e. The number of nitrogens with one attached hydrogen (secondary N) is 1. The van der Waals surface area contributed by atoms with Crippen LogP contribution in [0.15, 0.2) is 37.2 Å². The van der Waals surface area contributed by atoms with E-state index in [1.807, 2.05) is 19.2 Å². The first-order valence-electron chi connectivity index (χ1n) is 6.25. The summed E-state index contributed by atoms with van der Waals surface area (Å²) in [4.78, 5) is 20.5. The number of rotatable bonds is 4. The van der Waals surface area contributed by atoms with Gasteiger partial charge in [0.25, 0.3) is 0 Å². The summed E-state index contributed by atoms with van der Waals surface area (Å²) in [6.45, 7) is 2.58. The van der Waals surface area contributed by atoms with Crippen LogP contribution < -0.4 is 5.32 Å². The van der Waals surface area contributed by atoms with Crippen LogP contribution in [0.1, 0.15) is 11.1 Å². The van der Waals surface area contributed by atoms with Gasteiger partial charge in [-0.1, -0.05) is 0 Å². The monoisotopic (exact) mass is 301 g/mol. The minimum Gasteiger partial charge on any atom is -0.350 e. The first-order valence-corrected chi connectivity index (χ1v) is 6.63. The quantitative estimate of drug-likeness (QED) is 0.794. The molecule has 3 aromatic rings. The summed E-state index contributed by atoms with van der Waals surface area (Å²) >= 11 is 5.93. The molecule has 8 heteroatoms. The van der Waals surface area contributed by atoms with Crippen molar-refractivity contribution < 1.29 is 0 Å². The van der Waals surface area contributed by atoms with Crippen LogP contribution in [0.25, 0.3) is 5.95 Å². The molecule has 0 unspecified atom stereocenters. The van der Waals surface area contributed by atoms with E-state index in [2.05, 4.69) is 30.2 Å². The van der Waals surface area contributed by atoms with Gasteiger partial charge in [-0.15, -0.1) is 0 Å². The van der Waals surface area contributed by atoms with Crippen molar-refractivity contribution in [3.8, 4) is 5.95 Å². The average molecular weight is 302 g/mol. The number of hydrogen-bond donors (Lipinski definition) is 1. The van der Waals surface area contributed by atoms with Gasteiger partial charge in [-0.25, -0.2) is 4.98 Å². The number of aryl methyl sites for hydroxylation is 1. The van der Waals surface area contributed by atoms with Crippen molar-refractivity contribution in [2.75, 3.05) is 5.32 Å². The summed E-state index contributed by atoms with van der Waals surface area (Å²) in [6.07, 6.45) is 8.54. The lowest BCUT2D eigenvalue weighted by molar-refractivity contribution is 0.887. The van der Waals surface area contributed by atoms with E-state index in [9.17, 15) is 0 Å². The van der Waals surface area contributed by atoms with Crippen LogP contribution >= 0.6 is 11.6 Å². The van der Waals surface area contributed by atoms with Gasteiger partial charge in [0, 0.05) is 31.3 Å². The number of hydrogen-bond acceptors (Lipinski definition) is 6. The van der Waals surface area contributed by atoms with Crippen molar-refractivity contribution in [3.05, 3.63) is 53.6 Å². The molecule has 3 aromatic heterocycles. The maximum absolute atomic E-state index is 5.93. The predicted molar refractivity (Wildman–Crippen MR) is 78.3 cm³/mol. The second-order valence-electron chi connectivity index (χ2n) is 4.35. The molecule has 3 rings (SSSR count). The highest BCUT2D eigenvalue weighted by Gasteiger charge is 2.07. The van der Waals surface area contributed by atoms with Crippen LogP contribution in [0.4, 0.5) is 5.95 Å². The van der Waals surface area contributed by atoms with Gasteiger partial charge in [-0.2, -0.15) is 15.0 Å². The minimum absolute atomic E-state index is 0.124. The summed E-state index contributed by atoms with van der Waals surface area (Å²) in [5.41, 5.74) is 2.21. The predicted octanol–water partition coefficient (Wildman–Crippen LogP) is 2.03. The standard InChI is InChI=1S/C13H12ClN7/c1-9-2-3-15-6-10(9)7-17-12-18-11(14)19-13(20-12)21-5-4-16-8-21/h2-6,8H,7H2,1H3,(H,17,18,19,20). The molecule has 0 aromatic carbocycles. The molecule has 0 atom stereocenters. The third kappa shape index (κ3) is 3.14. The molecule has 0 saturated carbocycles. The Bertz CT molecular complexity index is 742. The van der Waals surface area contributed by atoms with Crippen LogP contribution in [-0.4, -0.2) is 29.5 Å². The van der Waals surface area contributed by atoms with E-state index in [0.29, 0.717) is 18.4 Å². The lowest BCUT2D eigenvalue weighted by Crippen LogP contribution is -2.09.